The minimum Gasteiger partial charge on any atom is -0.394 e. The van der Waals surface area contributed by atoms with Crippen molar-refractivity contribution in [1.29, 1.82) is 0 Å². The number of hydrogen-bond donors (Lipinski definition) is 4. The summed E-state index contributed by atoms with van der Waals surface area (Å²) < 4.78 is 117. The maximum atomic E-state index is 13.1. The van der Waals surface area contributed by atoms with Crippen LogP contribution in [0.25, 0.3) is 0 Å². The molecule has 26 heavy (non-hydrogen) atoms. The highest BCUT2D eigenvalue weighted by molar-refractivity contribution is 5.10. The fourth-order valence-corrected chi connectivity index (χ4v) is 1.41. The first-order chi connectivity index (χ1) is 11.5. The Balaban J connectivity index is 4.82. The van der Waals surface area contributed by atoms with Crippen LogP contribution in [0.15, 0.2) is 12.2 Å². The van der Waals surface area contributed by atoms with Crippen molar-refractivity contribution in [2.45, 2.75) is 42.3 Å². The van der Waals surface area contributed by atoms with Crippen molar-refractivity contribution < 1.29 is 64.7 Å². The third-order valence-electron chi connectivity index (χ3n) is 2.97. The van der Waals surface area contributed by atoms with Crippen LogP contribution in [0.4, 0.5) is 39.5 Å². The third-order valence-corrected chi connectivity index (χ3v) is 2.97. The molecule has 0 bridgehead atoms. The molecule has 0 aromatic heterocycles. The lowest BCUT2D eigenvalue weighted by molar-refractivity contribution is -0.388. The molecule has 0 saturated heterocycles. The van der Waals surface area contributed by atoms with Gasteiger partial charge in [0.25, 0.3) is 0 Å². The average molecular weight is 410 g/mol. The first kappa shape index (κ1) is 24.9. The van der Waals surface area contributed by atoms with E-state index in [1.165, 1.54) is 0 Å². The van der Waals surface area contributed by atoms with E-state index >= 15 is 0 Å². The van der Waals surface area contributed by atoms with Crippen molar-refractivity contribution >= 4 is 0 Å². The van der Waals surface area contributed by atoms with Gasteiger partial charge in [-0.25, -0.2) is 0 Å². The minimum absolute atomic E-state index is 0.00192. The zero-order valence-corrected chi connectivity index (χ0v) is 12.6. The maximum Gasteiger partial charge on any atom is 0.460 e. The van der Waals surface area contributed by atoms with Gasteiger partial charge in [-0.3, -0.25) is 0 Å². The molecule has 0 aliphatic heterocycles. The zero-order chi connectivity index (χ0) is 21.0. The summed E-state index contributed by atoms with van der Waals surface area (Å²) in [5.41, 5.74) is 0. The topological polar surface area (TPSA) is 90.2 Å². The first-order valence-corrected chi connectivity index (χ1v) is 6.63. The second-order valence-electron chi connectivity index (χ2n) is 5.02. The van der Waals surface area contributed by atoms with Gasteiger partial charge in [-0.2, -0.15) is 39.5 Å². The lowest BCUT2D eigenvalue weighted by atomic mass is 10.0. The Bertz CT molecular complexity index is 466. The fourth-order valence-electron chi connectivity index (χ4n) is 1.41. The van der Waals surface area contributed by atoms with Gasteiger partial charge in [-0.1, -0.05) is 6.08 Å². The summed E-state index contributed by atoms with van der Waals surface area (Å²) in [4.78, 5) is 0. The van der Waals surface area contributed by atoms with Gasteiger partial charge in [-0.15, -0.1) is 0 Å². The van der Waals surface area contributed by atoms with Crippen molar-refractivity contribution in [2.24, 2.45) is 0 Å². The number of allylic oxidation sites excluding steroid dienone is 1. The monoisotopic (exact) mass is 410 g/mol. The molecule has 0 fully saturated rings. The number of ether oxygens (including phenoxy) is 1. The second-order valence-corrected chi connectivity index (χ2v) is 5.02. The SMILES string of the molecule is OCC(O)C(O)C(O)COC/C=C/C(F)(F)C(F)(F)C(F)(F)C(F)(F)F. The molecule has 3 unspecified atom stereocenters. The Kier molecular flexibility index (Phi) is 8.37. The summed E-state index contributed by atoms with van der Waals surface area (Å²) in [7, 11) is 0. The molecule has 0 radical (unpaired) electrons. The van der Waals surface area contributed by atoms with Gasteiger partial charge < -0.3 is 25.2 Å². The fraction of sp³-hybridized carbons (Fsp3) is 0.833. The summed E-state index contributed by atoms with van der Waals surface area (Å²) in [6, 6.07) is 0. The normalized spacial score (nSPS) is 18.2. The Morgan fingerprint density at radius 2 is 1.31 bits per heavy atom. The summed E-state index contributed by atoms with van der Waals surface area (Å²) >= 11 is 0. The lowest BCUT2D eigenvalue weighted by Gasteiger charge is -2.32. The number of rotatable bonds is 10. The smallest absolute Gasteiger partial charge is 0.394 e. The molecule has 0 amide bonds. The van der Waals surface area contributed by atoms with E-state index < -0.39 is 68.2 Å². The molecule has 0 saturated carbocycles. The summed E-state index contributed by atoms with van der Waals surface area (Å²) in [6.07, 6.45) is -13.4. The number of aliphatic hydroxyl groups is 4. The van der Waals surface area contributed by atoms with Crippen LogP contribution in [0.1, 0.15) is 0 Å². The van der Waals surface area contributed by atoms with Gasteiger partial charge in [0, 0.05) is 0 Å². The summed E-state index contributed by atoms with van der Waals surface area (Å²) in [6.45, 7) is -2.86. The van der Waals surface area contributed by atoms with Crippen molar-refractivity contribution in [1.82, 2.24) is 0 Å². The van der Waals surface area contributed by atoms with Crippen LogP contribution in [0.3, 0.4) is 0 Å². The van der Waals surface area contributed by atoms with E-state index in [4.69, 9.17) is 10.2 Å². The molecule has 5 nitrogen and oxygen atoms in total. The first-order valence-electron chi connectivity index (χ1n) is 6.63. The Morgan fingerprint density at radius 3 is 1.73 bits per heavy atom. The van der Waals surface area contributed by atoms with E-state index in [-0.39, 0.29) is 6.08 Å². The Morgan fingerprint density at radius 1 is 0.808 bits per heavy atom. The van der Waals surface area contributed by atoms with Gasteiger partial charge in [0.1, 0.15) is 18.3 Å². The summed E-state index contributed by atoms with van der Waals surface area (Å²) in [5, 5.41) is 35.9. The van der Waals surface area contributed by atoms with Crippen LogP contribution in [0, 0.1) is 0 Å². The molecule has 0 spiro atoms. The van der Waals surface area contributed by atoms with Crippen molar-refractivity contribution in [3.63, 3.8) is 0 Å². The molecular weight excluding hydrogens is 395 g/mol. The highest BCUT2D eigenvalue weighted by Gasteiger charge is 2.81. The molecule has 3 atom stereocenters. The highest BCUT2D eigenvalue weighted by Crippen LogP contribution is 2.53. The van der Waals surface area contributed by atoms with Crippen LogP contribution in [0.2, 0.25) is 0 Å². The van der Waals surface area contributed by atoms with Crippen LogP contribution < -0.4 is 0 Å². The molecule has 0 aliphatic rings. The van der Waals surface area contributed by atoms with Crippen LogP contribution in [0.5, 0.6) is 0 Å². The standard InChI is InChI=1S/C12H15F9O5/c13-9(14,10(15,16)11(17,18)12(19,20)21)2-1-3-26-5-7(24)8(25)6(23)4-22/h1-2,6-8,22-25H,3-5H2/b2-1+. The van der Waals surface area contributed by atoms with Crippen molar-refractivity contribution in [2.75, 3.05) is 19.8 Å². The average Bonchev–Trinajstić information content (AvgIpc) is 2.51. The van der Waals surface area contributed by atoms with E-state index in [9.17, 15) is 49.7 Å². The van der Waals surface area contributed by atoms with E-state index in [2.05, 4.69) is 4.74 Å². The molecule has 14 heteroatoms. The number of halogens is 9. The van der Waals surface area contributed by atoms with Crippen molar-refractivity contribution in [3.05, 3.63) is 12.2 Å². The molecule has 4 N–H and O–H groups in total. The van der Waals surface area contributed by atoms with Crippen LogP contribution in [-0.4, -0.2) is 82.5 Å². The van der Waals surface area contributed by atoms with E-state index in [1.807, 2.05) is 0 Å². The Hall–Kier alpha value is -1.09. The van der Waals surface area contributed by atoms with E-state index in [0.717, 1.165) is 0 Å². The quantitative estimate of drug-likeness (QED) is 0.246. The third kappa shape index (κ3) is 5.45. The summed E-state index contributed by atoms with van der Waals surface area (Å²) in [5.74, 6) is -19.7. The molecular formula is C12H15F9O5. The molecule has 156 valence electrons. The predicted octanol–water partition coefficient (Wildman–Crippen LogP) is 1.10. The van der Waals surface area contributed by atoms with Crippen LogP contribution in [-0.2, 0) is 4.74 Å². The molecule has 0 aromatic rings. The zero-order valence-electron chi connectivity index (χ0n) is 12.6. The van der Waals surface area contributed by atoms with Crippen LogP contribution >= 0.6 is 0 Å². The van der Waals surface area contributed by atoms with Gasteiger partial charge >= 0.3 is 23.9 Å². The largest absolute Gasteiger partial charge is 0.460 e. The van der Waals surface area contributed by atoms with Crippen molar-refractivity contribution in [3.8, 4) is 0 Å². The molecule has 0 aromatic carbocycles. The molecule has 0 heterocycles. The minimum atomic E-state index is -7.00. The van der Waals surface area contributed by atoms with Gasteiger partial charge in [0.2, 0.25) is 0 Å². The van der Waals surface area contributed by atoms with Gasteiger partial charge in [-0.05, 0) is 6.08 Å². The number of hydrogen-bond acceptors (Lipinski definition) is 5. The number of alkyl halides is 9. The maximum absolute atomic E-state index is 13.1. The molecule has 0 aliphatic carbocycles. The van der Waals surface area contributed by atoms with Gasteiger partial charge in [0.05, 0.1) is 19.8 Å². The molecule has 0 rings (SSSR count). The highest BCUT2D eigenvalue weighted by atomic mass is 19.4. The predicted molar refractivity (Wildman–Crippen MR) is 66.0 cm³/mol. The number of aliphatic hydroxyl groups excluding tert-OH is 4. The van der Waals surface area contributed by atoms with E-state index in [1.54, 1.807) is 0 Å². The van der Waals surface area contributed by atoms with E-state index in [0.29, 0.717) is 0 Å². The lowest BCUT2D eigenvalue weighted by Crippen LogP contribution is -2.60. The Labute approximate surface area is 140 Å². The van der Waals surface area contributed by atoms with Gasteiger partial charge in [0.15, 0.2) is 0 Å². The second kappa shape index (κ2) is 8.73.